The molecular weight excluding hydrogens is 156 g/mol. The minimum absolute atomic E-state index is 0.931. The van der Waals surface area contributed by atoms with Gasteiger partial charge in [0.1, 0.15) is 0 Å². The predicted octanol–water partition coefficient (Wildman–Crippen LogP) is 4.84. The van der Waals surface area contributed by atoms with Crippen LogP contribution in [0.25, 0.3) is 0 Å². The van der Waals surface area contributed by atoms with Crippen molar-refractivity contribution < 1.29 is 0 Å². The number of unbranched alkanes of at least 4 members (excludes halogenated alkanes) is 2. The standard InChI is InChI=1S/C13H27/c1-5-7-8-9-13(4)11-10-12(3)6-2/h5,12-13H,6-11H2,1-4H3. The molecule has 0 amide bonds. The molecule has 79 valence electrons. The highest BCUT2D eigenvalue weighted by Crippen LogP contribution is 2.19. The highest BCUT2D eigenvalue weighted by atomic mass is 14.1. The first-order valence-corrected chi connectivity index (χ1v) is 5.98. The van der Waals surface area contributed by atoms with Gasteiger partial charge in [0.05, 0.1) is 0 Å². The molecular formula is C13H27. The quantitative estimate of drug-likeness (QED) is 0.472. The lowest BCUT2D eigenvalue weighted by Crippen LogP contribution is -1.99. The molecule has 0 nitrogen and oxygen atoms in total. The zero-order chi connectivity index (χ0) is 10.1. The molecule has 2 atom stereocenters. The molecule has 0 aliphatic carbocycles. The lowest BCUT2D eigenvalue weighted by Gasteiger charge is -2.13. The Balaban J connectivity index is 3.24. The van der Waals surface area contributed by atoms with Crippen LogP contribution in [0.4, 0.5) is 0 Å². The maximum atomic E-state index is 2.40. The van der Waals surface area contributed by atoms with Gasteiger partial charge in [0.15, 0.2) is 0 Å². The second kappa shape index (κ2) is 8.59. The zero-order valence-corrected chi connectivity index (χ0v) is 9.97. The summed E-state index contributed by atoms with van der Waals surface area (Å²) in [6, 6.07) is 0. The summed E-state index contributed by atoms with van der Waals surface area (Å²) < 4.78 is 0. The Kier molecular flexibility index (Phi) is 8.59. The Morgan fingerprint density at radius 3 is 2.15 bits per heavy atom. The highest BCUT2D eigenvalue weighted by molar-refractivity contribution is 4.61. The Morgan fingerprint density at radius 1 is 1.00 bits per heavy atom. The summed E-state index contributed by atoms with van der Waals surface area (Å²) in [4.78, 5) is 0. The van der Waals surface area contributed by atoms with Crippen molar-refractivity contribution in [3.63, 3.8) is 0 Å². The summed E-state index contributed by atoms with van der Waals surface area (Å²) in [5.74, 6) is 1.87. The average Bonchev–Trinajstić information content (AvgIpc) is 2.14. The number of rotatable bonds is 8. The van der Waals surface area contributed by atoms with E-state index in [2.05, 4.69) is 34.1 Å². The van der Waals surface area contributed by atoms with Gasteiger partial charge in [0, 0.05) is 0 Å². The topological polar surface area (TPSA) is 0 Å². The number of hydrogen-bond acceptors (Lipinski definition) is 0. The number of hydrogen-bond donors (Lipinski definition) is 0. The van der Waals surface area contributed by atoms with E-state index in [-0.39, 0.29) is 0 Å². The van der Waals surface area contributed by atoms with Gasteiger partial charge in [-0.3, -0.25) is 0 Å². The molecule has 0 rings (SSSR count). The van der Waals surface area contributed by atoms with Crippen molar-refractivity contribution in [2.75, 3.05) is 0 Å². The van der Waals surface area contributed by atoms with E-state index in [4.69, 9.17) is 0 Å². The first-order valence-electron chi connectivity index (χ1n) is 5.98. The third-order valence-corrected chi connectivity index (χ3v) is 3.04. The normalized spacial score (nSPS) is 15.7. The van der Waals surface area contributed by atoms with Crippen LogP contribution in [0, 0.1) is 18.3 Å². The maximum absolute atomic E-state index is 2.40. The third-order valence-electron chi connectivity index (χ3n) is 3.04. The second-order valence-corrected chi connectivity index (χ2v) is 4.54. The van der Waals surface area contributed by atoms with E-state index < -0.39 is 0 Å². The van der Waals surface area contributed by atoms with Crippen LogP contribution in [0.1, 0.15) is 66.2 Å². The average molecular weight is 183 g/mol. The van der Waals surface area contributed by atoms with Gasteiger partial charge < -0.3 is 0 Å². The molecule has 0 aromatic carbocycles. The van der Waals surface area contributed by atoms with Crippen LogP contribution in [0.2, 0.25) is 0 Å². The van der Waals surface area contributed by atoms with E-state index in [9.17, 15) is 0 Å². The lowest BCUT2D eigenvalue weighted by molar-refractivity contribution is 0.399. The van der Waals surface area contributed by atoms with Crippen LogP contribution < -0.4 is 0 Å². The molecule has 1 radical (unpaired) electrons. The predicted molar refractivity (Wildman–Crippen MR) is 61.7 cm³/mol. The van der Waals surface area contributed by atoms with Gasteiger partial charge in [-0.05, 0) is 18.3 Å². The van der Waals surface area contributed by atoms with Gasteiger partial charge >= 0.3 is 0 Å². The fourth-order valence-corrected chi connectivity index (χ4v) is 1.59. The monoisotopic (exact) mass is 183 g/mol. The van der Waals surface area contributed by atoms with Crippen LogP contribution in [-0.2, 0) is 0 Å². The van der Waals surface area contributed by atoms with Gasteiger partial charge in [-0.15, -0.1) is 0 Å². The molecule has 0 aliphatic rings. The molecule has 0 heteroatoms. The van der Waals surface area contributed by atoms with Crippen molar-refractivity contribution in [1.29, 1.82) is 0 Å². The van der Waals surface area contributed by atoms with E-state index in [0.29, 0.717) is 0 Å². The molecule has 0 saturated carbocycles. The summed E-state index contributed by atoms with van der Waals surface area (Å²) in [6.45, 7) is 9.22. The van der Waals surface area contributed by atoms with Crippen LogP contribution in [-0.4, -0.2) is 0 Å². The molecule has 2 unspecified atom stereocenters. The molecule has 0 aromatic heterocycles. The minimum atomic E-state index is 0.931. The Labute approximate surface area is 85.1 Å². The van der Waals surface area contributed by atoms with E-state index in [1.54, 1.807) is 0 Å². The van der Waals surface area contributed by atoms with Crippen LogP contribution in [0.5, 0.6) is 0 Å². The van der Waals surface area contributed by atoms with Gasteiger partial charge in [-0.1, -0.05) is 66.2 Å². The molecule has 0 heterocycles. The molecule has 0 aliphatic heterocycles. The van der Waals surface area contributed by atoms with Gasteiger partial charge in [0.25, 0.3) is 0 Å². The molecule has 0 N–H and O–H groups in total. The Morgan fingerprint density at radius 2 is 1.62 bits per heavy atom. The van der Waals surface area contributed by atoms with Crippen molar-refractivity contribution in [2.45, 2.75) is 66.2 Å². The SMILES string of the molecule is C[CH]CCCC(C)CCC(C)CC. The van der Waals surface area contributed by atoms with Crippen LogP contribution >= 0.6 is 0 Å². The Bertz CT molecular complexity index is 96.2. The smallest absolute Gasteiger partial charge is 0.0417 e. The van der Waals surface area contributed by atoms with Gasteiger partial charge in [0.2, 0.25) is 0 Å². The first kappa shape index (κ1) is 13.0. The van der Waals surface area contributed by atoms with Crippen molar-refractivity contribution >= 4 is 0 Å². The summed E-state index contributed by atoms with van der Waals surface area (Å²) in [6.07, 6.45) is 10.6. The van der Waals surface area contributed by atoms with Gasteiger partial charge in [-0.25, -0.2) is 0 Å². The molecule has 0 aromatic rings. The summed E-state index contributed by atoms with van der Waals surface area (Å²) >= 11 is 0. The zero-order valence-electron chi connectivity index (χ0n) is 9.97. The molecule has 0 saturated heterocycles. The Hall–Kier alpha value is 0. The van der Waals surface area contributed by atoms with E-state index in [0.717, 1.165) is 11.8 Å². The van der Waals surface area contributed by atoms with E-state index in [1.807, 2.05) is 0 Å². The van der Waals surface area contributed by atoms with Crippen LogP contribution in [0.15, 0.2) is 0 Å². The lowest BCUT2D eigenvalue weighted by atomic mass is 9.93. The molecule has 0 fully saturated rings. The molecule has 0 bridgehead atoms. The third kappa shape index (κ3) is 8.33. The van der Waals surface area contributed by atoms with Crippen molar-refractivity contribution in [2.24, 2.45) is 11.8 Å². The second-order valence-electron chi connectivity index (χ2n) is 4.54. The largest absolute Gasteiger partial charge is 0.0651 e. The maximum Gasteiger partial charge on any atom is -0.0417 e. The van der Waals surface area contributed by atoms with Gasteiger partial charge in [-0.2, -0.15) is 0 Å². The van der Waals surface area contributed by atoms with E-state index in [1.165, 1.54) is 38.5 Å². The fraction of sp³-hybridized carbons (Fsp3) is 0.923. The highest BCUT2D eigenvalue weighted by Gasteiger charge is 2.04. The van der Waals surface area contributed by atoms with E-state index >= 15 is 0 Å². The van der Waals surface area contributed by atoms with Crippen LogP contribution in [0.3, 0.4) is 0 Å². The van der Waals surface area contributed by atoms with Crippen molar-refractivity contribution in [3.8, 4) is 0 Å². The first-order chi connectivity index (χ1) is 6.20. The van der Waals surface area contributed by atoms with Crippen molar-refractivity contribution in [3.05, 3.63) is 6.42 Å². The summed E-state index contributed by atoms with van der Waals surface area (Å²) in [5, 5.41) is 0. The summed E-state index contributed by atoms with van der Waals surface area (Å²) in [5.41, 5.74) is 0. The molecule has 13 heavy (non-hydrogen) atoms. The molecule has 0 spiro atoms. The van der Waals surface area contributed by atoms with Crippen molar-refractivity contribution in [1.82, 2.24) is 0 Å². The minimum Gasteiger partial charge on any atom is -0.0651 e. The fourth-order valence-electron chi connectivity index (χ4n) is 1.59. The summed E-state index contributed by atoms with van der Waals surface area (Å²) in [7, 11) is 0.